The first-order valence-electron chi connectivity index (χ1n) is 6.35. The van der Waals surface area contributed by atoms with E-state index in [0.29, 0.717) is 29.8 Å². The molecule has 1 aromatic rings. The highest BCUT2D eigenvalue weighted by molar-refractivity contribution is 5.56. The van der Waals surface area contributed by atoms with Crippen molar-refractivity contribution in [3.63, 3.8) is 0 Å². The van der Waals surface area contributed by atoms with Gasteiger partial charge in [0.1, 0.15) is 0 Å². The van der Waals surface area contributed by atoms with Crippen LogP contribution in [0.4, 0.5) is 0 Å². The van der Waals surface area contributed by atoms with E-state index in [1.54, 1.807) is 21.3 Å². The van der Waals surface area contributed by atoms with Gasteiger partial charge in [0.25, 0.3) is 0 Å². The predicted molar refractivity (Wildman–Crippen MR) is 72.0 cm³/mol. The molecule has 1 fully saturated rings. The minimum atomic E-state index is -0.128. The second-order valence-electron chi connectivity index (χ2n) is 4.57. The molecular weight excluding hydrogens is 246 g/mol. The predicted octanol–water partition coefficient (Wildman–Crippen LogP) is 1.75. The van der Waals surface area contributed by atoms with Gasteiger partial charge in [-0.15, -0.1) is 0 Å². The van der Waals surface area contributed by atoms with Gasteiger partial charge in [0, 0.05) is 24.1 Å². The lowest BCUT2D eigenvalue weighted by Gasteiger charge is -2.22. The molecule has 0 bridgehead atoms. The van der Waals surface area contributed by atoms with Gasteiger partial charge >= 0.3 is 0 Å². The Labute approximate surface area is 113 Å². The van der Waals surface area contributed by atoms with Crippen LogP contribution in [0, 0.1) is 5.92 Å². The van der Waals surface area contributed by atoms with E-state index in [1.807, 2.05) is 12.1 Å². The van der Waals surface area contributed by atoms with Crippen LogP contribution in [0.5, 0.6) is 17.2 Å². The highest BCUT2D eigenvalue weighted by atomic mass is 16.5. The zero-order chi connectivity index (χ0) is 13.8. The van der Waals surface area contributed by atoms with Gasteiger partial charge in [0.05, 0.1) is 27.9 Å². The van der Waals surface area contributed by atoms with E-state index >= 15 is 0 Å². The SMILES string of the molecule is COc1ccc(C(N)C2CCOC2)c(OC)c1OC. The zero-order valence-electron chi connectivity index (χ0n) is 11.6. The molecule has 5 heteroatoms. The topological polar surface area (TPSA) is 62.9 Å². The summed E-state index contributed by atoms with van der Waals surface area (Å²) in [7, 11) is 4.80. The fourth-order valence-corrected chi connectivity index (χ4v) is 2.48. The summed E-state index contributed by atoms with van der Waals surface area (Å²) in [4.78, 5) is 0. The first-order valence-corrected chi connectivity index (χ1v) is 6.35. The lowest BCUT2D eigenvalue weighted by atomic mass is 9.92. The number of nitrogens with two attached hydrogens (primary N) is 1. The van der Waals surface area contributed by atoms with Crippen LogP contribution in [0.1, 0.15) is 18.0 Å². The van der Waals surface area contributed by atoms with E-state index < -0.39 is 0 Å². The molecule has 2 N–H and O–H groups in total. The summed E-state index contributed by atoms with van der Waals surface area (Å²) in [5.41, 5.74) is 7.26. The van der Waals surface area contributed by atoms with Gasteiger partial charge in [-0.3, -0.25) is 0 Å². The van der Waals surface area contributed by atoms with E-state index in [2.05, 4.69) is 0 Å². The number of rotatable bonds is 5. The average Bonchev–Trinajstić information content (AvgIpc) is 2.98. The van der Waals surface area contributed by atoms with Gasteiger partial charge in [-0.1, -0.05) is 0 Å². The highest BCUT2D eigenvalue weighted by Gasteiger charge is 2.28. The maximum atomic E-state index is 6.34. The Morgan fingerprint density at radius 1 is 1.16 bits per heavy atom. The smallest absolute Gasteiger partial charge is 0.203 e. The summed E-state index contributed by atoms with van der Waals surface area (Å²) in [6.07, 6.45) is 0.971. The van der Waals surface area contributed by atoms with Gasteiger partial charge in [-0.2, -0.15) is 0 Å². The molecule has 0 aliphatic carbocycles. The molecule has 2 rings (SSSR count). The summed E-state index contributed by atoms with van der Waals surface area (Å²) in [6.45, 7) is 1.46. The number of benzene rings is 1. The van der Waals surface area contributed by atoms with Gasteiger partial charge in [-0.25, -0.2) is 0 Å². The molecule has 1 aliphatic rings. The number of methoxy groups -OCH3 is 3. The Balaban J connectivity index is 2.38. The Morgan fingerprint density at radius 3 is 2.42 bits per heavy atom. The first-order chi connectivity index (χ1) is 9.22. The summed E-state index contributed by atoms with van der Waals surface area (Å²) < 4.78 is 21.5. The second-order valence-corrected chi connectivity index (χ2v) is 4.57. The molecule has 0 radical (unpaired) electrons. The average molecular weight is 267 g/mol. The minimum absolute atomic E-state index is 0.128. The van der Waals surface area contributed by atoms with Crippen LogP contribution in [0.15, 0.2) is 12.1 Å². The second kappa shape index (κ2) is 6.12. The molecule has 0 saturated carbocycles. The summed E-state index contributed by atoms with van der Waals surface area (Å²) >= 11 is 0. The molecule has 1 heterocycles. The van der Waals surface area contributed by atoms with Gasteiger partial charge in [-0.05, 0) is 18.6 Å². The first kappa shape index (κ1) is 14.0. The van der Waals surface area contributed by atoms with Gasteiger partial charge in [0.15, 0.2) is 11.5 Å². The van der Waals surface area contributed by atoms with Crippen molar-refractivity contribution >= 4 is 0 Å². The van der Waals surface area contributed by atoms with E-state index in [1.165, 1.54) is 0 Å². The maximum absolute atomic E-state index is 6.34. The van der Waals surface area contributed by atoms with Crippen molar-refractivity contribution < 1.29 is 18.9 Å². The van der Waals surface area contributed by atoms with Crippen LogP contribution >= 0.6 is 0 Å². The lowest BCUT2D eigenvalue weighted by Crippen LogP contribution is -2.22. The van der Waals surface area contributed by atoms with E-state index in [9.17, 15) is 0 Å². The highest BCUT2D eigenvalue weighted by Crippen LogP contribution is 2.43. The molecule has 0 aromatic heterocycles. The normalized spacial score (nSPS) is 20.1. The van der Waals surface area contributed by atoms with Crippen molar-refractivity contribution in [2.75, 3.05) is 34.5 Å². The van der Waals surface area contributed by atoms with Crippen LogP contribution < -0.4 is 19.9 Å². The molecule has 1 saturated heterocycles. The third-order valence-corrected chi connectivity index (χ3v) is 3.57. The monoisotopic (exact) mass is 267 g/mol. The minimum Gasteiger partial charge on any atom is -0.493 e. The molecule has 1 aliphatic heterocycles. The van der Waals surface area contributed by atoms with Crippen molar-refractivity contribution in [1.29, 1.82) is 0 Å². The molecule has 2 unspecified atom stereocenters. The molecule has 2 atom stereocenters. The van der Waals surface area contributed by atoms with Crippen LogP contribution in [0.3, 0.4) is 0 Å². The van der Waals surface area contributed by atoms with Crippen LogP contribution in [0.2, 0.25) is 0 Å². The van der Waals surface area contributed by atoms with Crippen molar-refractivity contribution in [1.82, 2.24) is 0 Å². The Bertz CT molecular complexity index is 430. The summed E-state index contributed by atoms with van der Waals surface area (Å²) in [6, 6.07) is 3.66. The molecule has 1 aromatic carbocycles. The summed E-state index contributed by atoms with van der Waals surface area (Å²) in [5.74, 6) is 2.17. The van der Waals surface area contributed by atoms with Crippen LogP contribution in [0.25, 0.3) is 0 Å². The van der Waals surface area contributed by atoms with Gasteiger partial charge in [0.2, 0.25) is 5.75 Å². The Kier molecular flexibility index (Phi) is 4.50. The number of hydrogen-bond donors (Lipinski definition) is 1. The van der Waals surface area contributed by atoms with Crippen molar-refractivity contribution in [3.8, 4) is 17.2 Å². The largest absolute Gasteiger partial charge is 0.493 e. The molecule has 19 heavy (non-hydrogen) atoms. The van der Waals surface area contributed by atoms with E-state index in [0.717, 1.165) is 18.6 Å². The molecular formula is C14H21NO4. The van der Waals surface area contributed by atoms with Gasteiger partial charge < -0.3 is 24.7 Å². The third kappa shape index (κ3) is 2.62. The standard InChI is InChI=1S/C14H21NO4/c1-16-11-5-4-10(13(17-2)14(11)18-3)12(15)9-6-7-19-8-9/h4-5,9,12H,6-8,15H2,1-3H3. The van der Waals surface area contributed by atoms with Crippen molar-refractivity contribution in [2.45, 2.75) is 12.5 Å². The van der Waals surface area contributed by atoms with E-state index in [4.69, 9.17) is 24.7 Å². The van der Waals surface area contributed by atoms with Crippen molar-refractivity contribution in [2.24, 2.45) is 11.7 Å². The molecule has 106 valence electrons. The Hall–Kier alpha value is -1.46. The molecule has 0 spiro atoms. The fourth-order valence-electron chi connectivity index (χ4n) is 2.48. The quantitative estimate of drug-likeness (QED) is 0.880. The fraction of sp³-hybridized carbons (Fsp3) is 0.571. The molecule has 5 nitrogen and oxygen atoms in total. The third-order valence-electron chi connectivity index (χ3n) is 3.57. The zero-order valence-corrected chi connectivity index (χ0v) is 11.6. The molecule has 0 amide bonds. The number of ether oxygens (including phenoxy) is 4. The number of hydrogen-bond acceptors (Lipinski definition) is 5. The van der Waals surface area contributed by atoms with Crippen molar-refractivity contribution in [3.05, 3.63) is 17.7 Å². The lowest BCUT2D eigenvalue weighted by molar-refractivity contribution is 0.180. The van der Waals surface area contributed by atoms with Crippen LogP contribution in [-0.4, -0.2) is 34.5 Å². The van der Waals surface area contributed by atoms with Crippen LogP contribution in [-0.2, 0) is 4.74 Å². The maximum Gasteiger partial charge on any atom is 0.203 e. The summed E-state index contributed by atoms with van der Waals surface area (Å²) in [5, 5.41) is 0. The Morgan fingerprint density at radius 2 is 1.89 bits per heavy atom. The van der Waals surface area contributed by atoms with E-state index in [-0.39, 0.29) is 6.04 Å².